The number of ether oxygens (including phenoxy) is 3. The summed E-state index contributed by atoms with van der Waals surface area (Å²) in [5, 5.41) is 0. The Morgan fingerprint density at radius 3 is 2.42 bits per heavy atom. The highest BCUT2D eigenvalue weighted by atomic mass is 28.1. The maximum Gasteiger partial charge on any atom is 0.330 e. The van der Waals surface area contributed by atoms with Crippen LogP contribution in [-0.4, -0.2) is 42.4 Å². The predicted octanol–water partition coefficient (Wildman–Crippen LogP) is -0.169. The summed E-state index contributed by atoms with van der Waals surface area (Å²) in [5.74, 6) is -0.522. The summed E-state index contributed by atoms with van der Waals surface area (Å²) < 4.78 is 14.4. The summed E-state index contributed by atoms with van der Waals surface area (Å²) in [6, 6.07) is 0. The molecule has 4 nitrogen and oxygen atoms in total. The number of hydrogen-bond donors (Lipinski definition) is 0. The molecule has 0 saturated heterocycles. The maximum absolute atomic E-state index is 10.6. The maximum atomic E-state index is 10.6. The molecule has 0 saturated carbocycles. The van der Waals surface area contributed by atoms with Gasteiger partial charge in [0.25, 0.3) is 0 Å². The molecule has 0 atom stereocenters. The Balaban J connectivity index is 3.88. The van der Waals surface area contributed by atoms with E-state index in [-0.39, 0.29) is 6.61 Å². The Labute approximate surface area is 74.9 Å². The summed E-state index contributed by atoms with van der Waals surface area (Å²) in [6.45, 7) is 3.20. The predicted molar refractivity (Wildman–Crippen MR) is 43.7 cm³/mol. The van der Waals surface area contributed by atoms with Gasteiger partial charge in [0.15, 0.2) is 5.41 Å². The fourth-order valence-electron chi connectivity index (χ4n) is 0.426. The second-order valence-electron chi connectivity index (χ2n) is 1.97. The fraction of sp³-hybridized carbons (Fsp3) is 0.571. The van der Waals surface area contributed by atoms with E-state index in [9.17, 15) is 4.79 Å². The van der Waals surface area contributed by atoms with Crippen LogP contribution in [0.3, 0.4) is 0 Å². The smallest absolute Gasteiger partial charge is 0.330 e. The quantitative estimate of drug-likeness (QED) is 0.259. The highest BCUT2D eigenvalue weighted by Gasteiger charge is 2.24. The van der Waals surface area contributed by atoms with Gasteiger partial charge in [-0.3, -0.25) is 0 Å². The summed E-state index contributed by atoms with van der Waals surface area (Å²) in [4.78, 5) is 10.6. The van der Waals surface area contributed by atoms with Crippen molar-refractivity contribution in [1.82, 2.24) is 0 Å². The Morgan fingerprint density at radius 2 is 2.08 bits per heavy atom. The van der Waals surface area contributed by atoms with Crippen LogP contribution < -0.4 is 0 Å². The first-order valence-corrected chi connectivity index (χ1v) is 3.72. The van der Waals surface area contributed by atoms with Crippen molar-refractivity contribution < 1.29 is 19.0 Å². The lowest BCUT2D eigenvalue weighted by Gasteiger charge is -2.25. The summed E-state index contributed by atoms with van der Waals surface area (Å²) in [5.41, 5.74) is -1.07. The Hall–Kier alpha value is -0.653. The van der Waals surface area contributed by atoms with Crippen LogP contribution in [0.25, 0.3) is 0 Å². The van der Waals surface area contributed by atoms with Gasteiger partial charge in [0.1, 0.15) is 16.8 Å². The van der Waals surface area contributed by atoms with E-state index in [2.05, 4.69) is 21.6 Å². The van der Waals surface area contributed by atoms with Crippen LogP contribution in [0.5, 0.6) is 0 Å². The second-order valence-corrected chi connectivity index (χ2v) is 2.73. The topological polar surface area (TPSA) is 44.8 Å². The van der Waals surface area contributed by atoms with Crippen LogP contribution in [-0.2, 0) is 19.0 Å². The van der Waals surface area contributed by atoms with Crippen molar-refractivity contribution in [1.29, 1.82) is 0 Å². The molecule has 67 valence electrons. The third kappa shape index (κ3) is 3.66. The van der Waals surface area contributed by atoms with E-state index < -0.39 is 11.4 Å². The van der Waals surface area contributed by atoms with Gasteiger partial charge < -0.3 is 14.2 Å². The van der Waals surface area contributed by atoms with Gasteiger partial charge in [-0.25, -0.2) is 4.79 Å². The van der Waals surface area contributed by atoms with Crippen LogP contribution in [0.4, 0.5) is 0 Å². The minimum Gasteiger partial charge on any atom is -0.457 e. The monoisotopic (exact) mass is 187 g/mol. The molecular formula is C7H11O4Si. The van der Waals surface area contributed by atoms with Gasteiger partial charge in [-0.15, -0.1) is 0 Å². The number of hydrogen-bond acceptors (Lipinski definition) is 4. The lowest BCUT2D eigenvalue weighted by atomic mass is 10.6. The van der Waals surface area contributed by atoms with Crippen molar-refractivity contribution in [3.8, 4) is 0 Å². The Kier molecular flexibility index (Phi) is 4.80. The molecule has 5 heteroatoms. The van der Waals surface area contributed by atoms with Crippen LogP contribution in [0.1, 0.15) is 0 Å². The molecule has 3 radical (unpaired) electrons. The largest absolute Gasteiger partial charge is 0.457 e. The van der Waals surface area contributed by atoms with E-state index in [0.29, 0.717) is 0 Å². The normalized spacial score (nSPS) is 10.9. The summed E-state index contributed by atoms with van der Waals surface area (Å²) in [6.07, 6.45) is 1.07. The fourth-order valence-corrected chi connectivity index (χ4v) is 0.498. The molecule has 0 aliphatic heterocycles. The van der Waals surface area contributed by atoms with Crippen LogP contribution in [0.15, 0.2) is 12.7 Å². The molecule has 0 fully saturated rings. The van der Waals surface area contributed by atoms with E-state index in [1.807, 2.05) is 0 Å². The third-order valence-electron chi connectivity index (χ3n) is 1.23. The third-order valence-corrected chi connectivity index (χ3v) is 1.78. The van der Waals surface area contributed by atoms with Crippen molar-refractivity contribution in [2.75, 3.05) is 20.8 Å². The first-order chi connectivity index (χ1) is 5.58. The molecule has 0 rings (SSSR count). The Morgan fingerprint density at radius 1 is 1.58 bits per heavy atom. The van der Waals surface area contributed by atoms with Gasteiger partial charge in [0.05, 0.1) is 0 Å². The lowest BCUT2D eigenvalue weighted by Crippen LogP contribution is -2.40. The zero-order valence-corrected chi connectivity index (χ0v) is 8.12. The number of carbonyl (C=O) groups is 1. The van der Waals surface area contributed by atoms with Crippen LogP contribution in [0.2, 0.25) is 0 Å². The standard InChI is InChI=1S/C7H11O4Si/c1-4-6(8)11-5-7(12,9-2)10-3/h4H,1,5H2,2-3H3. The second kappa shape index (κ2) is 5.07. The van der Waals surface area contributed by atoms with Crippen molar-refractivity contribution in [3.05, 3.63) is 12.7 Å². The van der Waals surface area contributed by atoms with Gasteiger partial charge in [0.2, 0.25) is 0 Å². The van der Waals surface area contributed by atoms with Crippen molar-refractivity contribution in [2.45, 2.75) is 5.41 Å². The zero-order chi connectivity index (χ0) is 9.61. The van der Waals surface area contributed by atoms with E-state index in [0.717, 1.165) is 6.08 Å². The first kappa shape index (κ1) is 11.3. The minimum absolute atomic E-state index is 0.0399. The molecule has 0 unspecified atom stereocenters. The van der Waals surface area contributed by atoms with Crippen molar-refractivity contribution >= 4 is 16.2 Å². The number of methoxy groups -OCH3 is 2. The van der Waals surface area contributed by atoms with E-state index in [4.69, 9.17) is 9.47 Å². The van der Waals surface area contributed by atoms with Gasteiger partial charge in [-0.2, -0.15) is 0 Å². The van der Waals surface area contributed by atoms with Crippen LogP contribution >= 0.6 is 0 Å². The van der Waals surface area contributed by atoms with Gasteiger partial charge in [0, 0.05) is 20.3 Å². The van der Waals surface area contributed by atoms with Crippen molar-refractivity contribution in [3.63, 3.8) is 0 Å². The summed E-state index contributed by atoms with van der Waals surface area (Å²) >= 11 is 0. The minimum atomic E-state index is -1.07. The molecule has 0 aliphatic carbocycles. The molecule has 0 amide bonds. The molecular weight excluding hydrogens is 176 g/mol. The zero-order valence-electron chi connectivity index (χ0n) is 7.12. The molecule has 0 aliphatic rings. The average molecular weight is 187 g/mol. The van der Waals surface area contributed by atoms with E-state index in [1.165, 1.54) is 14.2 Å². The van der Waals surface area contributed by atoms with Gasteiger partial charge in [-0.05, 0) is 0 Å². The molecule has 0 N–H and O–H groups in total. The molecule has 12 heavy (non-hydrogen) atoms. The number of esters is 1. The summed E-state index contributed by atoms with van der Waals surface area (Å²) in [7, 11) is 6.00. The Bertz CT molecular complexity index is 165. The first-order valence-electron chi connectivity index (χ1n) is 3.22. The van der Waals surface area contributed by atoms with E-state index >= 15 is 0 Å². The molecule has 0 aromatic carbocycles. The highest BCUT2D eigenvalue weighted by Crippen LogP contribution is 2.05. The molecule has 0 heterocycles. The molecule has 0 spiro atoms. The SMILES string of the molecule is C=CC(=O)OCC([Si])(OC)OC. The van der Waals surface area contributed by atoms with Crippen molar-refractivity contribution in [2.24, 2.45) is 0 Å². The van der Waals surface area contributed by atoms with Gasteiger partial charge in [-0.1, -0.05) is 6.58 Å². The molecule has 0 bridgehead atoms. The van der Waals surface area contributed by atoms with Crippen LogP contribution in [0, 0.1) is 0 Å². The lowest BCUT2D eigenvalue weighted by molar-refractivity contribution is -0.182. The average Bonchev–Trinajstić information content (AvgIpc) is 2.13. The highest BCUT2D eigenvalue weighted by molar-refractivity contribution is 6.13. The molecule has 0 aromatic rings. The number of rotatable bonds is 5. The number of carbonyl (C=O) groups excluding carboxylic acids is 1. The van der Waals surface area contributed by atoms with E-state index in [1.54, 1.807) is 0 Å². The molecule has 0 aromatic heterocycles. The van der Waals surface area contributed by atoms with Gasteiger partial charge >= 0.3 is 5.97 Å².